The molecular weight excluding hydrogens is 381 g/mol. The Labute approximate surface area is 160 Å². The molecule has 0 saturated carbocycles. The predicted molar refractivity (Wildman–Crippen MR) is 99.3 cm³/mol. The second kappa shape index (κ2) is 9.31. The Bertz CT molecular complexity index is 810. The van der Waals surface area contributed by atoms with Crippen molar-refractivity contribution in [2.45, 2.75) is 12.8 Å². The van der Waals surface area contributed by atoms with Gasteiger partial charge in [-0.25, -0.2) is 4.79 Å². The quantitative estimate of drug-likeness (QED) is 0.413. The van der Waals surface area contributed by atoms with Crippen LogP contribution in [-0.2, 0) is 9.53 Å². The summed E-state index contributed by atoms with van der Waals surface area (Å²) < 4.78 is 10.1. The van der Waals surface area contributed by atoms with Crippen molar-refractivity contribution in [3.05, 3.63) is 52.0 Å². The van der Waals surface area contributed by atoms with E-state index < -0.39 is 5.97 Å². The van der Waals surface area contributed by atoms with Crippen molar-refractivity contribution in [3.63, 3.8) is 0 Å². The average Bonchev–Trinajstić information content (AvgIpc) is 2.61. The molecule has 0 radical (unpaired) electrons. The van der Waals surface area contributed by atoms with E-state index in [0.717, 1.165) is 0 Å². The first-order valence-electron chi connectivity index (χ1n) is 7.69. The van der Waals surface area contributed by atoms with Gasteiger partial charge in [0.1, 0.15) is 11.5 Å². The van der Waals surface area contributed by atoms with Gasteiger partial charge in [0.15, 0.2) is 0 Å². The summed E-state index contributed by atoms with van der Waals surface area (Å²) in [5, 5.41) is 13.4. The molecule has 2 aromatic rings. The maximum atomic E-state index is 11.9. The van der Waals surface area contributed by atoms with E-state index in [1.807, 2.05) is 0 Å². The summed E-state index contributed by atoms with van der Waals surface area (Å²) in [5.41, 5.74) is 0.403. The van der Waals surface area contributed by atoms with Crippen LogP contribution in [0.15, 0.2) is 36.4 Å². The van der Waals surface area contributed by atoms with Gasteiger partial charge in [-0.2, -0.15) is 0 Å². The molecule has 0 unspecified atom stereocenters. The molecule has 26 heavy (non-hydrogen) atoms. The van der Waals surface area contributed by atoms with E-state index in [1.54, 1.807) is 18.2 Å². The number of methoxy groups -OCH3 is 1. The first-order valence-corrected chi connectivity index (χ1v) is 8.45. The van der Waals surface area contributed by atoms with Crippen LogP contribution in [0.2, 0.25) is 10.0 Å². The van der Waals surface area contributed by atoms with Crippen LogP contribution >= 0.6 is 23.2 Å². The minimum atomic E-state index is -0.573. The molecule has 0 saturated heterocycles. The van der Waals surface area contributed by atoms with Gasteiger partial charge in [-0.05, 0) is 42.8 Å². The van der Waals surface area contributed by atoms with Gasteiger partial charge in [0.2, 0.25) is 5.91 Å². The molecule has 0 aromatic heterocycles. The summed E-state index contributed by atoms with van der Waals surface area (Å²) in [4.78, 5) is 23.3. The van der Waals surface area contributed by atoms with Crippen LogP contribution < -0.4 is 10.1 Å². The van der Waals surface area contributed by atoms with Crippen molar-refractivity contribution < 1.29 is 24.2 Å². The lowest BCUT2D eigenvalue weighted by Gasteiger charge is -2.10. The van der Waals surface area contributed by atoms with Crippen molar-refractivity contribution in [3.8, 4) is 11.5 Å². The summed E-state index contributed by atoms with van der Waals surface area (Å²) in [6, 6.07) is 9.01. The highest BCUT2D eigenvalue weighted by Crippen LogP contribution is 2.28. The average molecular weight is 398 g/mol. The van der Waals surface area contributed by atoms with Gasteiger partial charge in [-0.3, -0.25) is 4.79 Å². The normalized spacial score (nSPS) is 10.3. The van der Waals surface area contributed by atoms with Crippen molar-refractivity contribution in [2.24, 2.45) is 0 Å². The zero-order chi connectivity index (χ0) is 19.1. The highest BCUT2D eigenvalue weighted by molar-refractivity contribution is 6.35. The largest absolute Gasteiger partial charge is 0.506 e. The number of ether oxygens (including phenoxy) is 2. The van der Waals surface area contributed by atoms with Crippen LogP contribution in [0.5, 0.6) is 11.5 Å². The SMILES string of the molecule is COC(=O)c1ccc(NC(=O)CCCOc2ccc(Cl)cc2Cl)c(O)c1. The molecule has 2 aromatic carbocycles. The third-order valence-electron chi connectivity index (χ3n) is 3.39. The molecule has 0 heterocycles. The lowest BCUT2D eigenvalue weighted by molar-refractivity contribution is -0.116. The van der Waals surface area contributed by atoms with E-state index >= 15 is 0 Å². The maximum Gasteiger partial charge on any atom is 0.337 e. The Balaban J connectivity index is 1.81. The van der Waals surface area contributed by atoms with Gasteiger partial charge in [0.25, 0.3) is 0 Å². The highest BCUT2D eigenvalue weighted by Gasteiger charge is 2.11. The lowest BCUT2D eigenvalue weighted by atomic mass is 10.2. The predicted octanol–water partition coefficient (Wildman–Crippen LogP) is 4.28. The first-order chi connectivity index (χ1) is 12.4. The number of phenols is 1. The van der Waals surface area contributed by atoms with Gasteiger partial charge in [0, 0.05) is 11.4 Å². The van der Waals surface area contributed by atoms with E-state index in [2.05, 4.69) is 10.1 Å². The van der Waals surface area contributed by atoms with Gasteiger partial charge in [-0.15, -0.1) is 0 Å². The zero-order valence-corrected chi connectivity index (χ0v) is 15.4. The number of rotatable bonds is 7. The first kappa shape index (κ1) is 19.9. The van der Waals surface area contributed by atoms with E-state index in [4.69, 9.17) is 27.9 Å². The van der Waals surface area contributed by atoms with Crippen molar-refractivity contribution in [1.82, 2.24) is 0 Å². The number of hydrogen-bond acceptors (Lipinski definition) is 5. The van der Waals surface area contributed by atoms with E-state index in [9.17, 15) is 14.7 Å². The number of amides is 1. The molecule has 0 fully saturated rings. The van der Waals surface area contributed by atoms with Crippen LogP contribution in [0.3, 0.4) is 0 Å². The third kappa shape index (κ3) is 5.54. The number of carbonyl (C=O) groups is 2. The number of phenolic OH excluding ortho intramolecular Hbond substituents is 1. The molecule has 0 bridgehead atoms. The molecule has 0 aliphatic rings. The smallest absolute Gasteiger partial charge is 0.337 e. The molecule has 8 heteroatoms. The second-order valence-electron chi connectivity index (χ2n) is 5.30. The molecule has 0 spiro atoms. The monoisotopic (exact) mass is 397 g/mol. The minimum absolute atomic E-state index is 0.184. The molecule has 2 rings (SSSR count). The van der Waals surface area contributed by atoms with Crippen LogP contribution in [0.1, 0.15) is 23.2 Å². The second-order valence-corrected chi connectivity index (χ2v) is 6.14. The standard InChI is InChI=1S/C18H17Cl2NO5/c1-25-18(24)11-4-6-14(15(22)9-11)21-17(23)3-2-8-26-16-7-5-12(19)10-13(16)20/h4-7,9-10,22H,2-3,8H2,1H3,(H,21,23). The molecule has 6 nitrogen and oxygen atoms in total. The van der Waals surface area contributed by atoms with Crippen LogP contribution in [0, 0.1) is 0 Å². The van der Waals surface area contributed by atoms with Crippen LogP contribution in [0.4, 0.5) is 5.69 Å². The summed E-state index contributed by atoms with van der Waals surface area (Å²) in [5.74, 6) is -0.592. The summed E-state index contributed by atoms with van der Waals surface area (Å²) >= 11 is 11.8. The Hall–Kier alpha value is -2.44. The highest BCUT2D eigenvalue weighted by atomic mass is 35.5. The fraction of sp³-hybridized carbons (Fsp3) is 0.222. The third-order valence-corrected chi connectivity index (χ3v) is 3.92. The number of hydrogen-bond donors (Lipinski definition) is 2. The molecule has 0 aliphatic heterocycles. The van der Waals surface area contributed by atoms with E-state index in [0.29, 0.717) is 28.8 Å². The molecule has 0 atom stereocenters. The Morgan fingerprint density at radius 1 is 1.15 bits per heavy atom. The number of carbonyl (C=O) groups excluding carboxylic acids is 2. The topological polar surface area (TPSA) is 84.9 Å². The van der Waals surface area contributed by atoms with Crippen molar-refractivity contribution >= 4 is 40.8 Å². The molecule has 2 N–H and O–H groups in total. The van der Waals surface area contributed by atoms with Crippen LogP contribution in [0.25, 0.3) is 0 Å². The molecule has 0 aliphatic carbocycles. The van der Waals surface area contributed by atoms with Gasteiger partial charge in [0.05, 0.1) is 30.0 Å². The summed E-state index contributed by atoms with van der Waals surface area (Å²) in [6.07, 6.45) is 0.634. The summed E-state index contributed by atoms with van der Waals surface area (Å²) in [6.45, 7) is 0.294. The fourth-order valence-corrected chi connectivity index (χ4v) is 2.57. The molecule has 1 amide bonds. The van der Waals surface area contributed by atoms with E-state index in [1.165, 1.54) is 25.3 Å². The maximum absolute atomic E-state index is 11.9. The number of nitrogens with one attached hydrogen (secondary N) is 1. The number of anilines is 1. The van der Waals surface area contributed by atoms with Crippen molar-refractivity contribution in [2.75, 3.05) is 19.0 Å². The summed E-state index contributed by atoms with van der Waals surface area (Å²) in [7, 11) is 1.24. The van der Waals surface area contributed by atoms with Gasteiger partial charge >= 0.3 is 5.97 Å². The Kier molecular flexibility index (Phi) is 7.12. The number of aromatic hydroxyl groups is 1. The zero-order valence-electron chi connectivity index (χ0n) is 13.9. The number of esters is 1. The molecule has 138 valence electrons. The van der Waals surface area contributed by atoms with Crippen LogP contribution in [-0.4, -0.2) is 30.7 Å². The molecular formula is C18H17Cl2NO5. The van der Waals surface area contributed by atoms with Gasteiger partial charge < -0.3 is 19.9 Å². The Morgan fingerprint density at radius 3 is 2.58 bits per heavy atom. The minimum Gasteiger partial charge on any atom is -0.506 e. The number of benzene rings is 2. The lowest BCUT2D eigenvalue weighted by Crippen LogP contribution is -2.13. The van der Waals surface area contributed by atoms with E-state index in [-0.39, 0.29) is 29.3 Å². The van der Waals surface area contributed by atoms with Crippen molar-refractivity contribution in [1.29, 1.82) is 0 Å². The fourth-order valence-electron chi connectivity index (χ4n) is 2.10. The van der Waals surface area contributed by atoms with Gasteiger partial charge in [-0.1, -0.05) is 23.2 Å². The Morgan fingerprint density at radius 2 is 1.92 bits per heavy atom. The number of halogens is 2.